The van der Waals surface area contributed by atoms with Crippen molar-refractivity contribution in [2.24, 2.45) is 0 Å². The van der Waals surface area contributed by atoms with Crippen LogP contribution in [0.15, 0.2) is 24.3 Å². The lowest BCUT2D eigenvalue weighted by atomic mass is 10.0. The maximum atomic E-state index is 11.6. The molecule has 2 heterocycles. The van der Waals surface area contributed by atoms with Gasteiger partial charge in [-0.1, -0.05) is 18.2 Å². The van der Waals surface area contributed by atoms with E-state index in [4.69, 9.17) is 9.72 Å². The zero-order chi connectivity index (χ0) is 14.1. The van der Waals surface area contributed by atoms with Crippen molar-refractivity contribution in [3.63, 3.8) is 0 Å². The molecule has 0 saturated carbocycles. The number of methoxy groups -OCH3 is 1. The van der Waals surface area contributed by atoms with Crippen molar-refractivity contribution in [2.75, 3.05) is 26.0 Å². The van der Waals surface area contributed by atoms with Crippen LogP contribution in [0.5, 0.6) is 0 Å². The zero-order valence-corrected chi connectivity index (χ0v) is 11.6. The Balaban J connectivity index is 2.20. The van der Waals surface area contributed by atoms with Crippen molar-refractivity contribution in [3.8, 4) is 0 Å². The Morgan fingerprint density at radius 2 is 2.20 bits per heavy atom. The number of aromatic nitrogens is 1. The first-order chi connectivity index (χ1) is 9.69. The van der Waals surface area contributed by atoms with Crippen LogP contribution in [0.25, 0.3) is 10.9 Å². The fourth-order valence-electron chi connectivity index (χ4n) is 2.62. The predicted octanol–water partition coefficient (Wildman–Crippen LogP) is 2.40. The van der Waals surface area contributed by atoms with E-state index < -0.39 is 6.09 Å². The first-order valence-electron chi connectivity index (χ1n) is 6.63. The second-order valence-electron chi connectivity index (χ2n) is 5.03. The SMILES string of the molecule is COC(=O)Nc1c2c(nc3ccccc13)CCN(C)C2. The van der Waals surface area contributed by atoms with Crippen molar-refractivity contribution < 1.29 is 9.53 Å². The van der Waals surface area contributed by atoms with Crippen LogP contribution >= 0.6 is 0 Å². The van der Waals surface area contributed by atoms with Crippen molar-refractivity contribution in [3.05, 3.63) is 35.5 Å². The smallest absolute Gasteiger partial charge is 0.411 e. The largest absolute Gasteiger partial charge is 0.453 e. The number of hydrogen-bond acceptors (Lipinski definition) is 4. The molecule has 5 heteroatoms. The van der Waals surface area contributed by atoms with Gasteiger partial charge in [0.2, 0.25) is 0 Å². The van der Waals surface area contributed by atoms with Crippen LogP contribution in [-0.4, -0.2) is 36.7 Å². The third-order valence-electron chi connectivity index (χ3n) is 3.65. The quantitative estimate of drug-likeness (QED) is 0.865. The number of nitrogens with one attached hydrogen (secondary N) is 1. The fourth-order valence-corrected chi connectivity index (χ4v) is 2.62. The number of benzene rings is 1. The van der Waals surface area contributed by atoms with Gasteiger partial charge in [-0.05, 0) is 13.1 Å². The monoisotopic (exact) mass is 271 g/mol. The van der Waals surface area contributed by atoms with Crippen LogP contribution in [0.2, 0.25) is 0 Å². The minimum absolute atomic E-state index is 0.447. The number of hydrogen-bond donors (Lipinski definition) is 1. The molecule has 0 bridgehead atoms. The number of para-hydroxylation sites is 1. The summed E-state index contributed by atoms with van der Waals surface area (Å²) in [5.41, 5.74) is 3.88. The second-order valence-corrected chi connectivity index (χ2v) is 5.03. The van der Waals surface area contributed by atoms with E-state index >= 15 is 0 Å². The van der Waals surface area contributed by atoms with Crippen LogP contribution < -0.4 is 5.32 Å². The van der Waals surface area contributed by atoms with Gasteiger partial charge in [0.05, 0.1) is 18.3 Å². The van der Waals surface area contributed by atoms with Gasteiger partial charge in [0, 0.05) is 36.2 Å². The van der Waals surface area contributed by atoms with E-state index in [9.17, 15) is 4.79 Å². The van der Waals surface area contributed by atoms with Crippen LogP contribution in [0, 0.1) is 0 Å². The van der Waals surface area contributed by atoms with E-state index in [1.807, 2.05) is 24.3 Å². The summed E-state index contributed by atoms with van der Waals surface area (Å²) in [5.74, 6) is 0. The summed E-state index contributed by atoms with van der Waals surface area (Å²) in [6, 6.07) is 7.85. The van der Waals surface area contributed by atoms with Crippen molar-refractivity contribution in [1.82, 2.24) is 9.88 Å². The molecule has 104 valence electrons. The van der Waals surface area contributed by atoms with E-state index in [0.29, 0.717) is 0 Å². The maximum Gasteiger partial charge on any atom is 0.411 e. The molecule has 0 unspecified atom stereocenters. The highest BCUT2D eigenvalue weighted by Crippen LogP contribution is 2.31. The van der Waals surface area contributed by atoms with E-state index in [2.05, 4.69) is 17.3 Å². The molecule has 0 fully saturated rings. The van der Waals surface area contributed by atoms with Crippen LogP contribution in [0.3, 0.4) is 0 Å². The Morgan fingerprint density at radius 3 is 3.00 bits per heavy atom. The summed E-state index contributed by atoms with van der Waals surface area (Å²) >= 11 is 0. The first-order valence-corrected chi connectivity index (χ1v) is 6.63. The van der Waals surface area contributed by atoms with Gasteiger partial charge in [-0.3, -0.25) is 10.3 Å². The summed E-state index contributed by atoms with van der Waals surface area (Å²) in [6.45, 7) is 1.77. The minimum atomic E-state index is -0.447. The zero-order valence-electron chi connectivity index (χ0n) is 11.6. The van der Waals surface area contributed by atoms with Crippen molar-refractivity contribution in [1.29, 1.82) is 0 Å². The Labute approximate surface area is 117 Å². The van der Waals surface area contributed by atoms with Gasteiger partial charge in [-0.25, -0.2) is 4.79 Å². The molecule has 3 rings (SSSR count). The number of pyridine rings is 1. The van der Waals surface area contributed by atoms with E-state index in [1.54, 1.807) is 0 Å². The lowest BCUT2D eigenvalue weighted by Gasteiger charge is -2.27. The highest BCUT2D eigenvalue weighted by molar-refractivity contribution is 6.00. The summed E-state index contributed by atoms with van der Waals surface area (Å²) in [7, 11) is 3.44. The Hall–Kier alpha value is -2.14. The van der Waals surface area contributed by atoms with Gasteiger partial charge in [0.15, 0.2) is 0 Å². The van der Waals surface area contributed by atoms with E-state index in [1.165, 1.54) is 7.11 Å². The summed E-state index contributed by atoms with van der Waals surface area (Å²) in [4.78, 5) is 18.6. The Bertz CT molecular complexity index is 669. The molecule has 1 aromatic heterocycles. The third kappa shape index (κ3) is 2.20. The number of rotatable bonds is 1. The van der Waals surface area contributed by atoms with Crippen molar-refractivity contribution in [2.45, 2.75) is 13.0 Å². The molecule has 5 nitrogen and oxygen atoms in total. The molecule has 20 heavy (non-hydrogen) atoms. The molecule has 1 aliphatic heterocycles. The van der Waals surface area contributed by atoms with Crippen LogP contribution in [0.4, 0.5) is 10.5 Å². The number of fused-ring (bicyclic) bond motifs is 2. The van der Waals surface area contributed by atoms with Crippen LogP contribution in [0.1, 0.15) is 11.3 Å². The number of nitrogens with zero attached hydrogens (tertiary/aromatic N) is 2. The van der Waals surface area contributed by atoms with Crippen molar-refractivity contribution >= 4 is 22.7 Å². The summed E-state index contributed by atoms with van der Waals surface area (Å²) in [5, 5.41) is 3.81. The van der Waals surface area contributed by atoms with E-state index in [-0.39, 0.29) is 0 Å². The molecular formula is C15H17N3O2. The van der Waals surface area contributed by atoms with Gasteiger partial charge >= 0.3 is 6.09 Å². The average molecular weight is 271 g/mol. The molecule has 0 spiro atoms. The number of carbonyl (C=O) groups is 1. The van der Waals surface area contributed by atoms with Gasteiger partial charge < -0.3 is 9.64 Å². The van der Waals surface area contributed by atoms with Crippen LogP contribution in [-0.2, 0) is 17.7 Å². The first kappa shape index (κ1) is 12.9. The predicted molar refractivity (Wildman–Crippen MR) is 77.8 cm³/mol. The number of likely N-dealkylation sites (N-methyl/N-ethyl adjacent to an activating group) is 1. The van der Waals surface area contributed by atoms with Gasteiger partial charge in [0.25, 0.3) is 0 Å². The van der Waals surface area contributed by atoms with Gasteiger partial charge in [-0.2, -0.15) is 0 Å². The molecule has 1 amide bonds. The lowest BCUT2D eigenvalue weighted by Crippen LogP contribution is -2.29. The number of amides is 1. The number of anilines is 1. The van der Waals surface area contributed by atoms with Gasteiger partial charge in [-0.15, -0.1) is 0 Å². The molecule has 0 saturated heterocycles. The minimum Gasteiger partial charge on any atom is -0.453 e. The molecule has 1 aromatic carbocycles. The Kier molecular flexibility index (Phi) is 3.28. The fraction of sp³-hybridized carbons (Fsp3) is 0.333. The molecule has 1 N–H and O–H groups in total. The molecule has 0 atom stereocenters. The highest BCUT2D eigenvalue weighted by atomic mass is 16.5. The summed E-state index contributed by atoms with van der Waals surface area (Å²) < 4.78 is 4.74. The molecular weight excluding hydrogens is 254 g/mol. The van der Waals surface area contributed by atoms with E-state index in [0.717, 1.165) is 47.4 Å². The maximum absolute atomic E-state index is 11.6. The molecule has 0 aliphatic carbocycles. The Morgan fingerprint density at radius 1 is 1.40 bits per heavy atom. The topological polar surface area (TPSA) is 54.5 Å². The highest BCUT2D eigenvalue weighted by Gasteiger charge is 2.21. The molecule has 2 aromatic rings. The normalized spacial score (nSPS) is 14.9. The number of ether oxygens (including phenoxy) is 1. The third-order valence-corrected chi connectivity index (χ3v) is 3.65. The molecule has 1 aliphatic rings. The second kappa shape index (κ2) is 5.09. The standard InChI is InChI=1S/C15H17N3O2/c1-18-8-7-13-11(9-18)14(17-15(19)20-2)10-5-3-4-6-12(10)16-13/h3-6H,7-9H2,1-2H3,(H,16,17,19). The summed E-state index contributed by atoms with van der Waals surface area (Å²) in [6.07, 6.45) is 0.448. The van der Waals surface area contributed by atoms with Gasteiger partial charge in [0.1, 0.15) is 0 Å². The lowest BCUT2D eigenvalue weighted by molar-refractivity contribution is 0.187. The number of carbonyl (C=O) groups excluding carboxylic acids is 1. The average Bonchev–Trinajstić information content (AvgIpc) is 2.47. The molecule has 0 radical (unpaired) electrons.